The Kier molecular flexibility index (Phi) is 3.80. The van der Waals surface area contributed by atoms with Crippen molar-refractivity contribution in [3.63, 3.8) is 0 Å². The van der Waals surface area contributed by atoms with Gasteiger partial charge in [-0.15, -0.1) is 0 Å². The molecule has 23 heavy (non-hydrogen) atoms. The summed E-state index contributed by atoms with van der Waals surface area (Å²) >= 11 is 0. The fourth-order valence-electron chi connectivity index (χ4n) is 2.53. The topological polar surface area (TPSA) is 73.8 Å². The van der Waals surface area contributed by atoms with E-state index in [0.29, 0.717) is 22.3 Å². The standard InChI is InChI=1S/C17H14N2O4/c1-2-23-17(20)14-11-16(18-9-4-3-8-15(14)18)12-6-5-7-13(10-12)19(21)22/h3-11H,2H2,1H3. The molecule has 0 aliphatic rings. The van der Waals surface area contributed by atoms with Crippen LogP contribution in [0.25, 0.3) is 16.8 Å². The predicted molar refractivity (Wildman–Crippen MR) is 85.4 cm³/mol. The third-order valence-electron chi connectivity index (χ3n) is 3.52. The van der Waals surface area contributed by atoms with E-state index >= 15 is 0 Å². The number of nitro groups is 1. The van der Waals surface area contributed by atoms with Crippen molar-refractivity contribution in [3.8, 4) is 11.3 Å². The Morgan fingerprint density at radius 3 is 2.78 bits per heavy atom. The Balaban J connectivity index is 2.20. The summed E-state index contributed by atoms with van der Waals surface area (Å²) in [6, 6.07) is 13.5. The van der Waals surface area contributed by atoms with E-state index in [-0.39, 0.29) is 12.3 Å². The zero-order valence-electron chi connectivity index (χ0n) is 12.4. The first-order valence-corrected chi connectivity index (χ1v) is 7.14. The highest BCUT2D eigenvalue weighted by atomic mass is 16.6. The number of carbonyl (C=O) groups excluding carboxylic acids is 1. The molecular formula is C17H14N2O4. The molecule has 0 unspecified atom stereocenters. The fourth-order valence-corrected chi connectivity index (χ4v) is 2.53. The van der Waals surface area contributed by atoms with Crippen LogP contribution in [-0.4, -0.2) is 21.9 Å². The molecule has 116 valence electrons. The van der Waals surface area contributed by atoms with Gasteiger partial charge < -0.3 is 9.14 Å². The summed E-state index contributed by atoms with van der Waals surface area (Å²) in [5.74, 6) is -0.409. The van der Waals surface area contributed by atoms with Gasteiger partial charge >= 0.3 is 5.97 Å². The molecule has 6 heteroatoms. The van der Waals surface area contributed by atoms with E-state index in [1.54, 1.807) is 25.1 Å². The molecule has 0 saturated carbocycles. The summed E-state index contributed by atoms with van der Waals surface area (Å²) in [5.41, 5.74) is 2.51. The minimum absolute atomic E-state index is 0.00562. The molecule has 0 spiro atoms. The maximum absolute atomic E-state index is 12.1. The molecule has 0 radical (unpaired) electrons. The SMILES string of the molecule is CCOC(=O)c1cc(-c2cccc([N+](=O)[O-])c2)n2ccccc12. The lowest BCUT2D eigenvalue weighted by Crippen LogP contribution is -2.03. The van der Waals surface area contributed by atoms with Crippen LogP contribution in [0.3, 0.4) is 0 Å². The molecule has 0 atom stereocenters. The van der Waals surface area contributed by atoms with Gasteiger partial charge in [-0.3, -0.25) is 10.1 Å². The molecule has 0 saturated heterocycles. The van der Waals surface area contributed by atoms with Gasteiger partial charge in [0.1, 0.15) is 0 Å². The molecule has 0 fully saturated rings. The Labute approximate surface area is 132 Å². The predicted octanol–water partition coefficient (Wildman–Crippen LogP) is 3.69. The minimum Gasteiger partial charge on any atom is -0.462 e. The Bertz CT molecular complexity index is 898. The number of pyridine rings is 1. The number of ether oxygens (including phenoxy) is 1. The molecule has 0 bridgehead atoms. The Morgan fingerprint density at radius 2 is 2.04 bits per heavy atom. The zero-order valence-corrected chi connectivity index (χ0v) is 12.4. The lowest BCUT2D eigenvalue weighted by Gasteiger charge is -2.03. The summed E-state index contributed by atoms with van der Waals surface area (Å²) in [5, 5.41) is 11.0. The minimum atomic E-state index is -0.439. The van der Waals surface area contributed by atoms with E-state index in [2.05, 4.69) is 0 Å². The number of hydrogen-bond donors (Lipinski definition) is 0. The number of benzene rings is 1. The van der Waals surface area contributed by atoms with Gasteiger partial charge in [0.25, 0.3) is 5.69 Å². The molecular weight excluding hydrogens is 296 g/mol. The van der Waals surface area contributed by atoms with Crippen LogP contribution >= 0.6 is 0 Å². The van der Waals surface area contributed by atoms with Crippen molar-refractivity contribution >= 4 is 17.2 Å². The van der Waals surface area contributed by atoms with Crippen LogP contribution in [-0.2, 0) is 4.74 Å². The van der Waals surface area contributed by atoms with Gasteiger partial charge in [-0.25, -0.2) is 4.79 Å². The van der Waals surface area contributed by atoms with E-state index < -0.39 is 10.9 Å². The van der Waals surface area contributed by atoms with Crippen LogP contribution in [0.2, 0.25) is 0 Å². The first kappa shape index (κ1) is 14.8. The molecule has 2 heterocycles. The molecule has 0 N–H and O–H groups in total. The van der Waals surface area contributed by atoms with E-state index in [4.69, 9.17) is 4.74 Å². The van der Waals surface area contributed by atoms with Crippen LogP contribution in [0.15, 0.2) is 54.7 Å². The van der Waals surface area contributed by atoms with Crippen LogP contribution in [0.1, 0.15) is 17.3 Å². The van der Waals surface area contributed by atoms with Gasteiger partial charge in [-0.05, 0) is 25.1 Å². The van der Waals surface area contributed by atoms with E-state index in [1.165, 1.54) is 12.1 Å². The smallest absolute Gasteiger partial charge is 0.340 e. The molecule has 2 aromatic heterocycles. The van der Waals surface area contributed by atoms with Crippen LogP contribution in [0.5, 0.6) is 0 Å². The highest BCUT2D eigenvalue weighted by molar-refractivity contribution is 5.99. The van der Waals surface area contributed by atoms with E-state index in [1.807, 2.05) is 28.8 Å². The van der Waals surface area contributed by atoms with Crippen molar-refractivity contribution in [2.75, 3.05) is 6.61 Å². The molecule has 0 amide bonds. The number of hydrogen-bond acceptors (Lipinski definition) is 4. The highest BCUT2D eigenvalue weighted by Crippen LogP contribution is 2.29. The lowest BCUT2D eigenvalue weighted by molar-refractivity contribution is -0.384. The number of esters is 1. The number of rotatable bonds is 4. The number of aromatic nitrogens is 1. The van der Waals surface area contributed by atoms with E-state index in [9.17, 15) is 14.9 Å². The number of nitrogens with zero attached hydrogens (tertiary/aromatic N) is 2. The second-order valence-corrected chi connectivity index (χ2v) is 4.93. The third kappa shape index (κ3) is 2.66. The maximum Gasteiger partial charge on any atom is 0.340 e. The molecule has 0 aliphatic carbocycles. The summed E-state index contributed by atoms with van der Waals surface area (Å²) in [6.07, 6.45) is 1.81. The lowest BCUT2D eigenvalue weighted by atomic mass is 10.1. The van der Waals surface area contributed by atoms with Crippen molar-refractivity contribution < 1.29 is 14.5 Å². The maximum atomic E-state index is 12.1. The number of carbonyl (C=O) groups is 1. The molecule has 3 rings (SSSR count). The molecule has 6 nitrogen and oxygen atoms in total. The largest absolute Gasteiger partial charge is 0.462 e. The van der Waals surface area contributed by atoms with Crippen LogP contribution < -0.4 is 0 Å². The first-order valence-electron chi connectivity index (χ1n) is 7.14. The second kappa shape index (κ2) is 5.92. The first-order chi connectivity index (χ1) is 11.1. The van der Waals surface area contributed by atoms with E-state index in [0.717, 1.165) is 0 Å². The Morgan fingerprint density at radius 1 is 1.22 bits per heavy atom. The van der Waals surface area contributed by atoms with Crippen LogP contribution in [0, 0.1) is 10.1 Å². The summed E-state index contributed by atoms with van der Waals surface area (Å²) in [4.78, 5) is 22.7. The summed E-state index contributed by atoms with van der Waals surface area (Å²) in [6.45, 7) is 2.03. The van der Waals surface area contributed by atoms with Crippen molar-refractivity contribution in [3.05, 3.63) is 70.4 Å². The molecule has 0 aliphatic heterocycles. The quantitative estimate of drug-likeness (QED) is 0.418. The van der Waals surface area contributed by atoms with Gasteiger partial charge in [-0.1, -0.05) is 18.2 Å². The number of non-ortho nitro benzene ring substituents is 1. The fraction of sp³-hybridized carbons (Fsp3) is 0.118. The number of nitro benzene ring substituents is 1. The highest BCUT2D eigenvalue weighted by Gasteiger charge is 2.18. The monoisotopic (exact) mass is 310 g/mol. The number of fused-ring (bicyclic) bond motifs is 1. The average Bonchev–Trinajstić information content (AvgIpc) is 2.95. The summed E-state index contributed by atoms with van der Waals surface area (Å²) in [7, 11) is 0. The van der Waals surface area contributed by atoms with Gasteiger partial charge in [0, 0.05) is 23.9 Å². The Hall–Kier alpha value is -3.15. The van der Waals surface area contributed by atoms with Crippen molar-refractivity contribution in [1.82, 2.24) is 4.40 Å². The molecule has 1 aromatic carbocycles. The van der Waals surface area contributed by atoms with Crippen molar-refractivity contribution in [1.29, 1.82) is 0 Å². The van der Waals surface area contributed by atoms with Gasteiger partial charge in [0.15, 0.2) is 0 Å². The normalized spacial score (nSPS) is 10.7. The van der Waals surface area contributed by atoms with Gasteiger partial charge in [0.05, 0.1) is 28.3 Å². The van der Waals surface area contributed by atoms with Crippen molar-refractivity contribution in [2.24, 2.45) is 0 Å². The zero-order chi connectivity index (χ0) is 16.4. The van der Waals surface area contributed by atoms with Gasteiger partial charge in [-0.2, -0.15) is 0 Å². The average molecular weight is 310 g/mol. The van der Waals surface area contributed by atoms with Crippen molar-refractivity contribution in [2.45, 2.75) is 6.92 Å². The third-order valence-corrected chi connectivity index (χ3v) is 3.52. The second-order valence-electron chi connectivity index (χ2n) is 4.93. The van der Waals surface area contributed by atoms with Gasteiger partial charge in [0.2, 0.25) is 0 Å². The molecule has 3 aromatic rings. The van der Waals surface area contributed by atoms with Crippen LogP contribution in [0.4, 0.5) is 5.69 Å². The summed E-state index contributed by atoms with van der Waals surface area (Å²) < 4.78 is 6.91.